The molecule has 0 spiro atoms. The molecule has 2 N–H and O–H groups in total. The summed E-state index contributed by atoms with van der Waals surface area (Å²) in [5, 5.41) is 19.4. The highest BCUT2D eigenvalue weighted by Crippen LogP contribution is 2.41. The van der Waals surface area contributed by atoms with Gasteiger partial charge in [-0.05, 0) is 48.4 Å². The molecule has 0 aromatic heterocycles. The molecule has 4 atom stereocenters. The highest BCUT2D eigenvalue weighted by atomic mass is 16.4. The molecule has 2 heterocycles. The first-order valence-corrected chi connectivity index (χ1v) is 12.4. The number of hydrogen-bond donors (Lipinski definition) is 2. The average molecular weight is 493 g/mol. The van der Waals surface area contributed by atoms with Gasteiger partial charge in [-0.25, -0.2) is 4.79 Å². The van der Waals surface area contributed by atoms with E-state index in [1.54, 1.807) is 12.1 Å². The van der Waals surface area contributed by atoms with Crippen molar-refractivity contribution in [3.8, 4) is 5.75 Å². The Morgan fingerprint density at radius 1 is 1.00 bits per heavy atom. The molecule has 2 fully saturated rings. The lowest BCUT2D eigenvalue weighted by Crippen LogP contribution is -2.54. The quantitative estimate of drug-likeness (QED) is 0.547. The molecule has 8 heteroatoms. The second-order valence-corrected chi connectivity index (χ2v) is 10.1. The number of imide groups is 1. The predicted molar refractivity (Wildman–Crippen MR) is 132 cm³/mol. The van der Waals surface area contributed by atoms with Crippen molar-refractivity contribution in [2.24, 2.45) is 11.8 Å². The molecule has 3 amide bonds. The Balaban J connectivity index is 1.75. The Hall–Kier alpha value is -3.68. The van der Waals surface area contributed by atoms with Gasteiger partial charge in [-0.2, -0.15) is 0 Å². The van der Waals surface area contributed by atoms with E-state index in [1.165, 1.54) is 17.0 Å². The molecule has 2 aliphatic heterocycles. The highest BCUT2D eigenvalue weighted by Gasteiger charge is 2.53. The standard InChI is InChI=1S/C28H32N2O6/c1-17(2)15-21-24(19-10-12-20(31)13-11-19)27(34)30(25(21)32)23(16-18-7-4-3-5-8-18)26(33)29-14-6-9-22(29)28(35)36/h3-5,7-8,10-13,17,21-24,31H,6,9,14-16H2,1-2H3,(H,35,36)/t21?,22-,23?,24?/m0/s1. The van der Waals surface area contributed by atoms with Crippen molar-refractivity contribution in [2.75, 3.05) is 6.54 Å². The third-order valence-electron chi connectivity index (χ3n) is 7.13. The number of phenols is 1. The van der Waals surface area contributed by atoms with E-state index in [1.807, 2.05) is 44.2 Å². The van der Waals surface area contributed by atoms with E-state index in [2.05, 4.69) is 0 Å². The Morgan fingerprint density at radius 3 is 2.28 bits per heavy atom. The number of carbonyl (C=O) groups is 4. The predicted octanol–water partition coefficient (Wildman–Crippen LogP) is 3.19. The van der Waals surface area contributed by atoms with E-state index in [-0.39, 0.29) is 24.6 Å². The van der Waals surface area contributed by atoms with Crippen molar-refractivity contribution in [3.05, 3.63) is 65.7 Å². The fourth-order valence-electron chi connectivity index (χ4n) is 5.47. The van der Waals surface area contributed by atoms with Crippen LogP contribution in [0.1, 0.15) is 50.2 Å². The van der Waals surface area contributed by atoms with Gasteiger partial charge >= 0.3 is 5.97 Å². The zero-order valence-electron chi connectivity index (χ0n) is 20.5. The maximum absolute atomic E-state index is 13.9. The van der Waals surface area contributed by atoms with Gasteiger partial charge < -0.3 is 15.1 Å². The Morgan fingerprint density at radius 2 is 1.67 bits per heavy atom. The van der Waals surface area contributed by atoms with Crippen LogP contribution in [0, 0.1) is 11.8 Å². The number of hydrogen-bond acceptors (Lipinski definition) is 5. The summed E-state index contributed by atoms with van der Waals surface area (Å²) in [6.45, 7) is 4.22. The minimum absolute atomic E-state index is 0.0543. The van der Waals surface area contributed by atoms with Crippen LogP contribution < -0.4 is 0 Å². The molecule has 2 saturated heterocycles. The third kappa shape index (κ3) is 4.98. The summed E-state index contributed by atoms with van der Waals surface area (Å²) in [6, 6.07) is 13.3. The Labute approximate surface area is 210 Å². The van der Waals surface area contributed by atoms with Crippen LogP contribution in [-0.2, 0) is 25.6 Å². The second kappa shape index (κ2) is 10.5. The number of nitrogens with zero attached hydrogens (tertiary/aromatic N) is 2. The van der Waals surface area contributed by atoms with Crippen LogP contribution in [0.2, 0.25) is 0 Å². The number of rotatable bonds is 8. The number of carbonyl (C=O) groups excluding carboxylic acids is 3. The summed E-state index contributed by atoms with van der Waals surface area (Å²) < 4.78 is 0. The molecule has 2 aromatic carbocycles. The van der Waals surface area contributed by atoms with E-state index >= 15 is 0 Å². The molecule has 2 aliphatic rings. The van der Waals surface area contributed by atoms with Crippen LogP contribution in [-0.4, -0.2) is 62.3 Å². The van der Waals surface area contributed by atoms with Crippen molar-refractivity contribution in [2.45, 2.75) is 57.5 Å². The molecule has 0 radical (unpaired) electrons. The van der Waals surface area contributed by atoms with Crippen LogP contribution >= 0.6 is 0 Å². The van der Waals surface area contributed by atoms with Gasteiger partial charge in [0.25, 0.3) is 0 Å². The molecule has 8 nitrogen and oxygen atoms in total. The molecule has 4 rings (SSSR count). The average Bonchev–Trinajstić information content (AvgIpc) is 3.42. The van der Waals surface area contributed by atoms with E-state index < -0.39 is 47.6 Å². The molecule has 3 unspecified atom stereocenters. The first-order valence-electron chi connectivity index (χ1n) is 12.4. The van der Waals surface area contributed by atoms with Gasteiger partial charge in [0.2, 0.25) is 17.7 Å². The normalized spacial score (nSPS) is 22.9. The van der Waals surface area contributed by atoms with Crippen molar-refractivity contribution in [1.82, 2.24) is 9.80 Å². The Kier molecular flexibility index (Phi) is 7.43. The summed E-state index contributed by atoms with van der Waals surface area (Å²) in [5.41, 5.74) is 1.38. The fraction of sp³-hybridized carbons (Fsp3) is 0.429. The third-order valence-corrected chi connectivity index (χ3v) is 7.13. The fourth-order valence-corrected chi connectivity index (χ4v) is 5.47. The van der Waals surface area contributed by atoms with Crippen LogP contribution in [0.4, 0.5) is 0 Å². The summed E-state index contributed by atoms with van der Waals surface area (Å²) in [4.78, 5) is 55.8. The topological polar surface area (TPSA) is 115 Å². The van der Waals surface area contributed by atoms with Crippen molar-refractivity contribution >= 4 is 23.7 Å². The van der Waals surface area contributed by atoms with E-state index in [4.69, 9.17) is 0 Å². The first-order chi connectivity index (χ1) is 17.2. The van der Waals surface area contributed by atoms with Gasteiger partial charge in [-0.3, -0.25) is 19.3 Å². The number of carboxylic acids is 1. The van der Waals surface area contributed by atoms with E-state index in [0.29, 0.717) is 24.8 Å². The van der Waals surface area contributed by atoms with Gasteiger partial charge in [0.1, 0.15) is 17.8 Å². The molecule has 2 aromatic rings. The van der Waals surface area contributed by atoms with Crippen LogP contribution in [0.25, 0.3) is 0 Å². The number of amides is 3. The van der Waals surface area contributed by atoms with Gasteiger partial charge in [0.05, 0.1) is 11.8 Å². The second-order valence-electron chi connectivity index (χ2n) is 10.1. The molecule has 0 aliphatic carbocycles. The number of carboxylic acid groups (broad SMARTS) is 1. The first kappa shape index (κ1) is 25.4. The molecule has 0 saturated carbocycles. The van der Waals surface area contributed by atoms with Gasteiger partial charge in [0.15, 0.2) is 0 Å². The maximum atomic E-state index is 13.9. The van der Waals surface area contributed by atoms with Crippen molar-refractivity contribution < 1.29 is 29.4 Å². The summed E-state index contributed by atoms with van der Waals surface area (Å²) >= 11 is 0. The monoisotopic (exact) mass is 492 g/mol. The largest absolute Gasteiger partial charge is 0.508 e. The molecule has 190 valence electrons. The number of aliphatic carboxylic acids is 1. The van der Waals surface area contributed by atoms with Crippen molar-refractivity contribution in [1.29, 1.82) is 0 Å². The lowest BCUT2D eigenvalue weighted by molar-refractivity contribution is -0.155. The number of aromatic hydroxyl groups is 1. The van der Waals surface area contributed by atoms with Crippen LogP contribution in [0.3, 0.4) is 0 Å². The van der Waals surface area contributed by atoms with Gasteiger partial charge in [-0.1, -0.05) is 56.3 Å². The number of likely N-dealkylation sites (tertiary alicyclic amines) is 2. The van der Waals surface area contributed by atoms with Gasteiger partial charge in [0, 0.05) is 13.0 Å². The summed E-state index contributed by atoms with van der Waals surface area (Å²) in [7, 11) is 0. The van der Waals surface area contributed by atoms with E-state index in [0.717, 1.165) is 10.5 Å². The highest BCUT2D eigenvalue weighted by molar-refractivity contribution is 6.10. The molecule has 0 bridgehead atoms. The molecular weight excluding hydrogens is 460 g/mol. The summed E-state index contributed by atoms with van der Waals surface area (Å²) in [5.74, 6) is -3.72. The van der Waals surface area contributed by atoms with Crippen LogP contribution in [0.5, 0.6) is 5.75 Å². The number of benzene rings is 2. The lowest BCUT2D eigenvalue weighted by Gasteiger charge is -2.31. The minimum atomic E-state index is -1.14. The molecular formula is C28H32N2O6. The number of phenolic OH excluding ortho intramolecular Hbond substituents is 1. The van der Waals surface area contributed by atoms with Crippen LogP contribution in [0.15, 0.2) is 54.6 Å². The summed E-state index contributed by atoms with van der Waals surface area (Å²) in [6.07, 6.45) is 1.46. The van der Waals surface area contributed by atoms with Gasteiger partial charge in [-0.15, -0.1) is 0 Å². The smallest absolute Gasteiger partial charge is 0.326 e. The minimum Gasteiger partial charge on any atom is -0.508 e. The maximum Gasteiger partial charge on any atom is 0.326 e. The SMILES string of the molecule is CC(C)CC1C(=O)N(C(Cc2ccccc2)C(=O)N2CCC[C@H]2C(=O)O)C(=O)C1c1ccc(O)cc1. The zero-order valence-corrected chi connectivity index (χ0v) is 20.5. The Bertz CT molecular complexity index is 1130. The molecule has 36 heavy (non-hydrogen) atoms. The van der Waals surface area contributed by atoms with Crippen molar-refractivity contribution in [3.63, 3.8) is 0 Å². The lowest BCUT2D eigenvalue weighted by atomic mass is 9.83. The zero-order chi connectivity index (χ0) is 26.0. The van der Waals surface area contributed by atoms with E-state index in [9.17, 15) is 29.4 Å².